The molecule has 0 fully saturated rings. The zero-order valence-corrected chi connectivity index (χ0v) is 5.32. The van der Waals surface area contributed by atoms with Gasteiger partial charge >= 0.3 is 31.0 Å². The molecule has 0 aromatic carbocycles. The van der Waals surface area contributed by atoms with E-state index in [9.17, 15) is 0 Å². The first-order valence-electron chi connectivity index (χ1n) is 0.908. The summed E-state index contributed by atoms with van der Waals surface area (Å²) in [6, 6.07) is 0. The second-order valence-electron chi connectivity index (χ2n) is 0.492. The summed E-state index contributed by atoms with van der Waals surface area (Å²) >= 11 is 0. The average molecular weight is 83.0 g/mol. The van der Waals surface area contributed by atoms with Gasteiger partial charge in [0.05, 0.1) is 0 Å². The number of carbonyl (C=O) groups excluding carboxylic acids is 1. The van der Waals surface area contributed by atoms with Crippen LogP contribution in [0.3, 0.4) is 0 Å². The van der Waals surface area contributed by atoms with Gasteiger partial charge in [-0.05, 0) is 6.92 Å². The van der Waals surface area contributed by atoms with E-state index in [0.717, 1.165) is 6.92 Å². The molecule has 0 heterocycles. The van der Waals surface area contributed by atoms with Gasteiger partial charge in [0.1, 0.15) is 0 Å². The van der Waals surface area contributed by atoms with Gasteiger partial charge in [-0.25, -0.2) is 0 Å². The van der Waals surface area contributed by atoms with Crippen LogP contribution >= 0.6 is 0 Å². The molecule has 0 unspecified atom stereocenters. The fourth-order valence-corrected chi connectivity index (χ4v) is 0. The van der Waals surface area contributed by atoms with Crippen LogP contribution in [0.25, 0.3) is 0 Å². The van der Waals surface area contributed by atoms with Crippen molar-refractivity contribution >= 4 is 5.97 Å². The molecule has 0 N–H and O–H groups in total. The first-order valence-corrected chi connectivity index (χ1v) is 0.908. The van der Waals surface area contributed by atoms with Gasteiger partial charge in [0.25, 0.3) is 0 Å². The average Bonchev–Trinajstić information content (AvgIpc) is 0.811. The van der Waals surface area contributed by atoms with Gasteiger partial charge in [-0.3, -0.25) is 0 Å². The number of rotatable bonds is 0. The molecular weight excluding hydrogens is 79.0 g/mol. The third-order valence-corrected chi connectivity index (χ3v) is 0. The molecule has 3 heteroatoms. The van der Waals surface area contributed by atoms with Crippen LogP contribution in [-0.2, 0) is 4.79 Å². The monoisotopic (exact) mass is 83.0 g/mol. The zero-order valence-electron chi connectivity index (χ0n) is 4.32. The molecule has 24 valence electrons. The van der Waals surface area contributed by atoms with E-state index in [1.807, 2.05) is 0 Å². The van der Waals surface area contributed by atoms with Gasteiger partial charge in [0, 0.05) is 5.97 Å². The van der Waals surface area contributed by atoms with Gasteiger partial charge in [-0.15, -0.1) is 0 Å². The molecule has 0 aromatic rings. The molecule has 0 aliphatic heterocycles. The van der Waals surface area contributed by atoms with Crippen LogP contribution in [0.5, 0.6) is 0 Å². The van der Waals surface area contributed by atoms with Crippen LogP contribution in [0.2, 0.25) is 0 Å². The quantitative estimate of drug-likeness (QED) is 0.279. The van der Waals surface area contributed by atoms with E-state index in [4.69, 9.17) is 9.90 Å². The van der Waals surface area contributed by atoms with E-state index in [-0.39, 0.29) is 31.0 Å². The third-order valence-electron chi connectivity index (χ3n) is 0. The molecule has 2 nitrogen and oxygen atoms in total. The molecule has 0 aliphatic rings. The van der Waals surface area contributed by atoms with E-state index in [2.05, 4.69) is 0 Å². The number of hydrogen-bond donors (Lipinski definition) is 0. The Kier molecular flexibility index (Phi) is 8.11. The van der Waals surface area contributed by atoms with Gasteiger partial charge < -0.3 is 9.90 Å². The van der Waals surface area contributed by atoms with Crippen molar-refractivity contribution in [1.29, 1.82) is 0 Å². The maximum absolute atomic E-state index is 8.89. The molecular formula is C2H4NaO2+. The summed E-state index contributed by atoms with van der Waals surface area (Å²) < 4.78 is 0. The van der Waals surface area contributed by atoms with Crippen LogP contribution in [-0.4, -0.2) is 5.97 Å². The largest absolute Gasteiger partial charge is 1.00 e. The Morgan fingerprint density at radius 1 is 2.00 bits per heavy atom. The number of carbonyl (C=O) groups is 1. The molecule has 0 radical (unpaired) electrons. The van der Waals surface area contributed by atoms with Gasteiger partial charge in [0.15, 0.2) is 0 Å². The summed E-state index contributed by atoms with van der Waals surface area (Å²) in [5.74, 6) is -1.08. The molecule has 0 saturated carbocycles. The minimum Gasteiger partial charge on any atom is -0.550 e. The molecule has 0 rings (SSSR count). The fraction of sp³-hybridized carbons (Fsp3) is 0.500. The minimum atomic E-state index is -1.08. The second kappa shape index (κ2) is 4.47. The third kappa shape index (κ3) is 123. The van der Waals surface area contributed by atoms with Crippen LogP contribution in [0.4, 0.5) is 0 Å². The summed E-state index contributed by atoms with van der Waals surface area (Å²) in [6.45, 7) is 0.972. The number of hydrogen-bond acceptors (Lipinski definition) is 2. The Bertz CT molecular complexity index is 34.5. The van der Waals surface area contributed by atoms with Crippen molar-refractivity contribution in [2.24, 2.45) is 0 Å². The molecule has 5 heavy (non-hydrogen) atoms. The molecule has 0 amide bonds. The Hall–Kier alpha value is 0.470. The minimum absolute atomic E-state index is 0. The SMILES string of the molecule is CC(=O)[O-].[H+].[Na+]. The van der Waals surface area contributed by atoms with Crippen LogP contribution in [0, 0.1) is 0 Å². The van der Waals surface area contributed by atoms with Crippen molar-refractivity contribution in [3.63, 3.8) is 0 Å². The van der Waals surface area contributed by atoms with Gasteiger partial charge in [-0.2, -0.15) is 0 Å². The van der Waals surface area contributed by atoms with Crippen molar-refractivity contribution in [1.82, 2.24) is 0 Å². The maximum Gasteiger partial charge on any atom is 1.00 e. The maximum atomic E-state index is 8.89. The topological polar surface area (TPSA) is 40.1 Å². The zero-order chi connectivity index (χ0) is 3.58. The molecule has 0 atom stereocenters. The van der Waals surface area contributed by atoms with Crippen molar-refractivity contribution in [2.75, 3.05) is 0 Å². The van der Waals surface area contributed by atoms with Gasteiger partial charge in [-0.1, -0.05) is 0 Å². The number of carboxylic acids is 1. The second-order valence-corrected chi connectivity index (χ2v) is 0.492. The number of carboxylic acid groups (broad SMARTS) is 1. The van der Waals surface area contributed by atoms with Crippen molar-refractivity contribution in [3.05, 3.63) is 0 Å². The normalized spacial score (nSPS) is 5.00. The van der Waals surface area contributed by atoms with E-state index < -0.39 is 5.97 Å². The first kappa shape index (κ1) is 9.08. The van der Waals surface area contributed by atoms with Crippen LogP contribution < -0.4 is 34.7 Å². The Balaban J connectivity index is -0.0000000450. The number of aliphatic carboxylic acids is 1. The van der Waals surface area contributed by atoms with E-state index in [1.54, 1.807) is 0 Å². The molecule has 0 spiro atoms. The van der Waals surface area contributed by atoms with Crippen LogP contribution in [0.1, 0.15) is 8.35 Å². The Morgan fingerprint density at radius 2 is 2.00 bits per heavy atom. The predicted octanol–water partition coefficient (Wildman–Crippen LogP) is -4.13. The fourth-order valence-electron chi connectivity index (χ4n) is 0. The van der Waals surface area contributed by atoms with Crippen molar-refractivity contribution in [3.8, 4) is 0 Å². The summed E-state index contributed by atoms with van der Waals surface area (Å²) in [5.41, 5.74) is 0. The van der Waals surface area contributed by atoms with Crippen molar-refractivity contribution < 1.29 is 40.9 Å². The molecule has 0 aromatic heterocycles. The molecule has 0 aliphatic carbocycles. The Morgan fingerprint density at radius 3 is 2.00 bits per heavy atom. The van der Waals surface area contributed by atoms with Crippen molar-refractivity contribution in [2.45, 2.75) is 6.92 Å². The van der Waals surface area contributed by atoms with E-state index in [1.165, 1.54) is 0 Å². The van der Waals surface area contributed by atoms with E-state index >= 15 is 0 Å². The smallest absolute Gasteiger partial charge is 0.550 e. The van der Waals surface area contributed by atoms with Gasteiger partial charge in [0.2, 0.25) is 0 Å². The summed E-state index contributed by atoms with van der Waals surface area (Å²) in [4.78, 5) is 8.89. The van der Waals surface area contributed by atoms with Crippen LogP contribution in [0.15, 0.2) is 0 Å². The first-order chi connectivity index (χ1) is 1.73. The Labute approximate surface area is 54.0 Å². The summed E-state index contributed by atoms with van der Waals surface area (Å²) in [5, 5.41) is 8.89. The molecule has 0 saturated heterocycles. The summed E-state index contributed by atoms with van der Waals surface area (Å²) in [7, 11) is 0. The summed E-state index contributed by atoms with van der Waals surface area (Å²) in [6.07, 6.45) is 0. The molecule has 0 bridgehead atoms. The van der Waals surface area contributed by atoms with E-state index in [0.29, 0.717) is 0 Å². The standard InChI is InChI=1S/C2H4O2.Na/c1-2(3)4;/h1H3,(H,3,4);/q;+1. The predicted molar refractivity (Wildman–Crippen MR) is 11.8 cm³/mol.